The first kappa shape index (κ1) is 15.0. The number of rotatable bonds is 2. The maximum Gasteiger partial charge on any atom is 0.257 e. The van der Waals surface area contributed by atoms with E-state index in [-0.39, 0.29) is 11.7 Å². The fourth-order valence-corrected chi connectivity index (χ4v) is 3.95. The van der Waals surface area contributed by atoms with Crippen LogP contribution in [0.2, 0.25) is 0 Å². The number of carbonyl (C=O) groups excluding carboxylic acids is 1. The van der Waals surface area contributed by atoms with Crippen molar-refractivity contribution < 1.29 is 9.18 Å². The highest BCUT2D eigenvalue weighted by Crippen LogP contribution is 2.32. The second kappa shape index (κ2) is 5.83. The Labute approximate surface area is 142 Å². The van der Waals surface area contributed by atoms with E-state index < -0.39 is 0 Å². The van der Waals surface area contributed by atoms with E-state index in [1.165, 1.54) is 23.5 Å². The number of fused-ring (bicyclic) bond motifs is 1. The van der Waals surface area contributed by atoms with E-state index in [1.54, 1.807) is 30.2 Å². The van der Waals surface area contributed by atoms with E-state index in [2.05, 4.69) is 10.1 Å². The Morgan fingerprint density at radius 1 is 1.38 bits per heavy atom. The number of hydrogen-bond acceptors (Lipinski definition) is 4. The van der Waals surface area contributed by atoms with Gasteiger partial charge < -0.3 is 4.90 Å². The molecule has 3 aromatic rings. The van der Waals surface area contributed by atoms with Crippen LogP contribution in [-0.2, 0) is 20.0 Å². The maximum atomic E-state index is 13.4. The summed E-state index contributed by atoms with van der Waals surface area (Å²) in [5.41, 5.74) is 2.38. The van der Waals surface area contributed by atoms with E-state index in [1.807, 2.05) is 11.0 Å². The quantitative estimate of drug-likeness (QED) is 0.719. The van der Waals surface area contributed by atoms with Crippen LogP contribution in [0.15, 0.2) is 36.7 Å². The van der Waals surface area contributed by atoms with Crippen LogP contribution in [0.1, 0.15) is 20.9 Å². The predicted octanol–water partition coefficient (Wildman–Crippen LogP) is 2.88. The summed E-state index contributed by atoms with van der Waals surface area (Å²) in [7, 11) is 1.79. The molecule has 0 saturated heterocycles. The van der Waals surface area contributed by atoms with Gasteiger partial charge in [0.15, 0.2) is 0 Å². The molecule has 0 saturated carbocycles. The van der Waals surface area contributed by atoms with Gasteiger partial charge >= 0.3 is 0 Å². The van der Waals surface area contributed by atoms with E-state index >= 15 is 0 Å². The van der Waals surface area contributed by atoms with Crippen molar-refractivity contribution in [1.82, 2.24) is 19.7 Å². The highest BCUT2D eigenvalue weighted by atomic mass is 32.1. The molecule has 1 amide bonds. The van der Waals surface area contributed by atoms with Gasteiger partial charge in [-0.2, -0.15) is 5.10 Å². The summed E-state index contributed by atoms with van der Waals surface area (Å²) in [6.45, 7) is 1.17. The zero-order valence-corrected chi connectivity index (χ0v) is 13.9. The highest BCUT2D eigenvalue weighted by molar-refractivity contribution is 7.15. The SMILES string of the molecule is Cn1cc(C(=O)N2CCc3nc(-c4cccc(F)c4)sc3C2)cn1. The molecule has 0 spiro atoms. The molecule has 4 rings (SSSR count). The minimum Gasteiger partial charge on any atom is -0.333 e. The normalized spacial score (nSPS) is 13.8. The van der Waals surface area contributed by atoms with Crippen LogP contribution in [0.5, 0.6) is 0 Å². The second-order valence-electron chi connectivity index (χ2n) is 5.78. The Morgan fingerprint density at radius 2 is 2.25 bits per heavy atom. The van der Waals surface area contributed by atoms with Gasteiger partial charge in [0.05, 0.1) is 24.0 Å². The van der Waals surface area contributed by atoms with Gasteiger partial charge in [0.25, 0.3) is 5.91 Å². The molecular weight excluding hydrogens is 327 g/mol. The molecule has 1 aromatic carbocycles. The molecule has 0 atom stereocenters. The van der Waals surface area contributed by atoms with Gasteiger partial charge in [0.2, 0.25) is 0 Å². The molecular formula is C17H15FN4OS. The van der Waals surface area contributed by atoms with E-state index in [0.717, 1.165) is 21.1 Å². The highest BCUT2D eigenvalue weighted by Gasteiger charge is 2.25. The van der Waals surface area contributed by atoms with Gasteiger partial charge in [-0.3, -0.25) is 9.48 Å². The van der Waals surface area contributed by atoms with Crippen LogP contribution < -0.4 is 0 Å². The summed E-state index contributed by atoms with van der Waals surface area (Å²) >= 11 is 1.53. The van der Waals surface area contributed by atoms with Crippen molar-refractivity contribution in [3.63, 3.8) is 0 Å². The summed E-state index contributed by atoms with van der Waals surface area (Å²) in [5.74, 6) is -0.288. The second-order valence-corrected chi connectivity index (χ2v) is 6.86. The van der Waals surface area contributed by atoms with Crippen molar-refractivity contribution in [2.75, 3.05) is 6.54 Å². The van der Waals surface area contributed by atoms with Crippen LogP contribution in [-0.4, -0.2) is 32.1 Å². The smallest absolute Gasteiger partial charge is 0.257 e. The molecule has 0 N–H and O–H groups in total. The molecule has 24 heavy (non-hydrogen) atoms. The Balaban J connectivity index is 1.58. The minimum atomic E-state index is -0.269. The fourth-order valence-electron chi connectivity index (χ4n) is 2.83. The van der Waals surface area contributed by atoms with Gasteiger partial charge in [0.1, 0.15) is 10.8 Å². The van der Waals surface area contributed by atoms with Crippen molar-refractivity contribution in [2.45, 2.75) is 13.0 Å². The maximum absolute atomic E-state index is 13.4. The molecule has 0 bridgehead atoms. The Morgan fingerprint density at radius 3 is 3.00 bits per heavy atom. The molecule has 5 nitrogen and oxygen atoms in total. The number of carbonyl (C=O) groups is 1. The molecule has 122 valence electrons. The molecule has 0 aliphatic carbocycles. The Kier molecular flexibility index (Phi) is 3.65. The first-order valence-electron chi connectivity index (χ1n) is 7.62. The first-order valence-corrected chi connectivity index (χ1v) is 8.44. The van der Waals surface area contributed by atoms with Gasteiger partial charge in [-0.15, -0.1) is 11.3 Å². The summed E-state index contributed by atoms with van der Waals surface area (Å²) in [6, 6.07) is 6.45. The van der Waals surface area contributed by atoms with Crippen LogP contribution >= 0.6 is 11.3 Å². The van der Waals surface area contributed by atoms with Gasteiger partial charge in [0, 0.05) is 36.7 Å². The molecule has 1 aliphatic rings. The summed E-state index contributed by atoms with van der Waals surface area (Å²) in [4.78, 5) is 20.1. The van der Waals surface area contributed by atoms with Gasteiger partial charge in [-0.25, -0.2) is 9.37 Å². The summed E-state index contributed by atoms with van der Waals surface area (Å²) in [6.07, 6.45) is 4.03. The lowest BCUT2D eigenvalue weighted by atomic mass is 10.1. The largest absolute Gasteiger partial charge is 0.333 e. The van der Waals surface area contributed by atoms with Gasteiger partial charge in [-0.05, 0) is 12.1 Å². The van der Waals surface area contributed by atoms with Crippen molar-refractivity contribution >= 4 is 17.2 Å². The Hall–Kier alpha value is -2.54. The number of benzene rings is 1. The molecule has 1 aliphatic heterocycles. The van der Waals surface area contributed by atoms with Crippen LogP contribution in [0, 0.1) is 5.82 Å². The van der Waals surface area contributed by atoms with Gasteiger partial charge in [-0.1, -0.05) is 12.1 Å². The molecule has 2 aromatic heterocycles. The van der Waals surface area contributed by atoms with Crippen LogP contribution in [0.3, 0.4) is 0 Å². The minimum absolute atomic E-state index is 0.0190. The summed E-state index contributed by atoms with van der Waals surface area (Å²) < 4.78 is 15.0. The van der Waals surface area contributed by atoms with Crippen molar-refractivity contribution in [3.8, 4) is 10.6 Å². The van der Waals surface area contributed by atoms with Crippen molar-refractivity contribution in [3.05, 3.63) is 58.6 Å². The lowest BCUT2D eigenvalue weighted by molar-refractivity contribution is 0.0736. The average Bonchev–Trinajstić information content (AvgIpc) is 3.19. The van der Waals surface area contributed by atoms with E-state index in [9.17, 15) is 9.18 Å². The molecule has 0 fully saturated rings. The van der Waals surface area contributed by atoms with Crippen LogP contribution in [0.4, 0.5) is 4.39 Å². The molecule has 7 heteroatoms. The Bertz CT molecular complexity index is 917. The number of hydrogen-bond donors (Lipinski definition) is 0. The molecule has 0 radical (unpaired) electrons. The third-order valence-corrected chi connectivity index (χ3v) is 5.17. The van der Waals surface area contributed by atoms with Crippen molar-refractivity contribution in [1.29, 1.82) is 0 Å². The number of nitrogens with zero attached hydrogens (tertiary/aromatic N) is 4. The third-order valence-electron chi connectivity index (χ3n) is 4.04. The zero-order valence-electron chi connectivity index (χ0n) is 13.1. The molecule has 3 heterocycles. The average molecular weight is 342 g/mol. The van der Waals surface area contributed by atoms with E-state index in [0.29, 0.717) is 25.1 Å². The zero-order chi connectivity index (χ0) is 16.7. The number of amides is 1. The van der Waals surface area contributed by atoms with Crippen molar-refractivity contribution in [2.24, 2.45) is 7.05 Å². The number of aryl methyl sites for hydroxylation is 1. The lowest BCUT2D eigenvalue weighted by Gasteiger charge is -2.25. The number of aromatic nitrogens is 3. The topological polar surface area (TPSA) is 51.0 Å². The predicted molar refractivity (Wildman–Crippen MR) is 89.2 cm³/mol. The standard InChI is InChI=1S/C17H15FN4OS/c1-21-9-12(8-19-21)17(23)22-6-5-14-15(10-22)24-16(20-14)11-3-2-4-13(18)7-11/h2-4,7-9H,5-6,10H2,1H3. The number of thiazole rings is 1. The fraction of sp³-hybridized carbons (Fsp3) is 0.235. The summed E-state index contributed by atoms with van der Waals surface area (Å²) in [5, 5.41) is 4.85. The molecule has 0 unspecified atom stereocenters. The number of halogens is 1. The monoisotopic (exact) mass is 342 g/mol. The van der Waals surface area contributed by atoms with Crippen LogP contribution in [0.25, 0.3) is 10.6 Å². The first-order chi connectivity index (χ1) is 11.6. The van der Waals surface area contributed by atoms with E-state index in [4.69, 9.17) is 0 Å². The third kappa shape index (κ3) is 2.71. The lowest BCUT2D eigenvalue weighted by Crippen LogP contribution is -2.35.